The Bertz CT molecular complexity index is 451. The highest BCUT2D eigenvalue weighted by Crippen LogP contribution is 2.22. The molecule has 1 saturated carbocycles. The molecular weight excluding hydrogens is 296 g/mol. The summed E-state index contributed by atoms with van der Waals surface area (Å²) in [7, 11) is 0. The van der Waals surface area contributed by atoms with Crippen LogP contribution in [0.25, 0.3) is 0 Å². The molecule has 0 aliphatic heterocycles. The van der Waals surface area contributed by atoms with Crippen LogP contribution in [0.1, 0.15) is 36.0 Å². The fourth-order valence-corrected chi connectivity index (χ4v) is 2.61. The molecule has 1 amide bonds. The first-order chi connectivity index (χ1) is 8.56. The zero-order valence-electron chi connectivity index (χ0n) is 10.0. The SMILES string of the molecule is Nc1ccc(C(=O)NC2CCCC(O)C2)cc1Br. The molecule has 1 aromatic carbocycles. The number of rotatable bonds is 2. The molecule has 2 atom stereocenters. The van der Waals surface area contributed by atoms with Gasteiger partial charge in [-0.3, -0.25) is 4.79 Å². The van der Waals surface area contributed by atoms with Gasteiger partial charge in [0.05, 0.1) is 6.10 Å². The van der Waals surface area contributed by atoms with Crippen LogP contribution in [-0.4, -0.2) is 23.2 Å². The number of anilines is 1. The van der Waals surface area contributed by atoms with E-state index in [0.717, 1.165) is 23.7 Å². The Hall–Kier alpha value is -1.07. The maximum absolute atomic E-state index is 12.0. The minimum Gasteiger partial charge on any atom is -0.398 e. The number of benzene rings is 1. The third kappa shape index (κ3) is 3.23. The number of hydrogen-bond donors (Lipinski definition) is 3. The fraction of sp³-hybridized carbons (Fsp3) is 0.462. The molecule has 1 aliphatic rings. The molecule has 98 valence electrons. The minimum absolute atomic E-state index is 0.0672. The van der Waals surface area contributed by atoms with Crippen LogP contribution in [0.3, 0.4) is 0 Å². The molecule has 4 nitrogen and oxygen atoms in total. The van der Waals surface area contributed by atoms with Gasteiger partial charge in [0.1, 0.15) is 0 Å². The average Bonchev–Trinajstić information content (AvgIpc) is 2.32. The number of halogens is 1. The standard InChI is InChI=1S/C13H17BrN2O2/c14-11-6-8(4-5-12(11)15)13(18)16-9-2-1-3-10(17)7-9/h4-6,9-10,17H,1-3,7,15H2,(H,16,18). The Kier molecular flexibility index (Phi) is 4.24. The van der Waals surface area contributed by atoms with E-state index in [9.17, 15) is 9.90 Å². The topological polar surface area (TPSA) is 75.4 Å². The van der Waals surface area contributed by atoms with Gasteiger partial charge in [-0.15, -0.1) is 0 Å². The summed E-state index contributed by atoms with van der Waals surface area (Å²) in [6, 6.07) is 5.19. The van der Waals surface area contributed by atoms with Crippen LogP contribution in [0, 0.1) is 0 Å². The molecule has 0 radical (unpaired) electrons. The summed E-state index contributed by atoms with van der Waals surface area (Å²) in [4.78, 5) is 12.0. The second-order valence-corrected chi connectivity index (χ2v) is 5.58. The second-order valence-electron chi connectivity index (χ2n) is 4.73. The van der Waals surface area contributed by atoms with Crippen LogP contribution in [0.4, 0.5) is 5.69 Å². The van der Waals surface area contributed by atoms with Gasteiger partial charge in [0.2, 0.25) is 0 Å². The van der Waals surface area contributed by atoms with Gasteiger partial charge in [-0.2, -0.15) is 0 Å². The van der Waals surface area contributed by atoms with E-state index in [1.165, 1.54) is 0 Å². The zero-order chi connectivity index (χ0) is 13.1. The molecule has 5 heteroatoms. The monoisotopic (exact) mass is 312 g/mol. The van der Waals surface area contributed by atoms with Gasteiger partial charge in [-0.05, 0) is 59.8 Å². The van der Waals surface area contributed by atoms with Crippen LogP contribution in [0.15, 0.2) is 22.7 Å². The number of amides is 1. The third-order valence-corrected chi connectivity index (χ3v) is 3.93. The average molecular weight is 313 g/mol. The molecule has 1 fully saturated rings. The summed E-state index contributed by atoms with van der Waals surface area (Å²) in [6.45, 7) is 0. The van der Waals surface area contributed by atoms with Gasteiger partial charge in [-0.1, -0.05) is 0 Å². The smallest absolute Gasteiger partial charge is 0.251 e. The molecule has 0 saturated heterocycles. The number of carbonyl (C=O) groups is 1. The number of nitrogens with one attached hydrogen (secondary N) is 1. The largest absolute Gasteiger partial charge is 0.398 e. The molecule has 2 unspecified atom stereocenters. The molecule has 1 aliphatic carbocycles. The highest BCUT2D eigenvalue weighted by molar-refractivity contribution is 9.10. The van der Waals surface area contributed by atoms with Crippen molar-refractivity contribution in [3.8, 4) is 0 Å². The second kappa shape index (κ2) is 5.71. The Labute approximate surface area is 115 Å². The summed E-state index contributed by atoms with van der Waals surface area (Å²) in [5.41, 5.74) is 6.87. The van der Waals surface area contributed by atoms with Crippen molar-refractivity contribution >= 4 is 27.5 Å². The van der Waals surface area contributed by atoms with Gasteiger partial charge >= 0.3 is 0 Å². The van der Waals surface area contributed by atoms with Crippen molar-refractivity contribution in [3.63, 3.8) is 0 Å². The van der Waals surface area contributed by atoms with Gasteiger partial charge in [0.15, 0.2) is 0 Å². The first-order valence-corrected chi connectivity index (χ1v) is 6.89. The van der Waals surface area contributed by atoms with Crippen molar-refractivity contribution in [1.29, 1.82) is 0 Å². The molecule has 2 rings (SSSR count). The molecule has 0 bridgehead atoms. The maximum Gasteiger partial charge on any atom is 0.251 e. The zero-order valence-corrected chi connectivity index (χ0v) is 11.6. The predicted octanol–water partition coefficient (Wildman–Crippen LogP) is 2.06. The van der Waals surface area contributed by atoms with Crippen molar-refractivity contribution in [3.05, 3.63) is 28.2 Å². The van der Waals surface area contributed by atoms with Crippen molar-refractivity contribution < 1.29 is 9.90 Å². The molecular formula is C13H17BrN2O2. The minimum atomic E-state index is -0.290. The van der Waals surface area contributed by atoms with E-state index in [0.29, 0.717) is 17.7 Å². The summed E-state index contributed by atoms with van der Waals surface area (Å²) in [5.74, 6) is -0.116. The fourth-order valence-electron chi connectivity index (χ4n) is 2.23. The normalized spacial score (nSPS) is 23.7. The van der Waals surface area contributed by atoms with Crippen molar-refractivity contribution in [2.24, 2.45) is 0 Å². The van der Waals surface area contributed by atoms with Gasteiger partial charge < -0.3 is 16.2 Å². The van der Waals surface area contributed by atoms with E-state index in [1.54, 1.807) is 18.2 Å². The number of aliphatic hydroxyl groups is 1. The van der Waals surface area contributed by atoms with E-state index in [4.69, 9.17) is 5.73 Å². The van der Waals surface area contributed by atoms with E-state index in [1.807, 2.05) is 0 Å². The predicted molar refractivity (Wildman–Crippen MR) is 74.3 cm³/mol. The molecule has 0 aromatic heterocycles. The molecule has 18 heavy (non-hydrogen) atoms. The van der Waals surface area contributed by atoms with Crippen molar-refractivity contribution in [1.82, 2.24) is 5.32 Å². The summed E-state index contributed by atoms with van der Waals surface area (Å²) in [5, 5.41) is 12.5. The highest BCUT2D eigenvalue weighted by atomic mass is 79.9. The lowest BCUT2D eigenvalue weighted by molar-refractivity contribution is 0.0850. The first-order valence-electron chi connectivity index (χ1n) is 6.10. The van der Waals surface area contributed by atoms with Gasteiger partial charge in [0.25, 0.3) is 5.91 Å². The van der Waals surface area contributed by atoms with E-state index >= 15 is 0 Å². The molecule has 0 spiro atoms. The third-order valence-electron chi connectivity index (χ3n) is 3.24. The van der Waals surface area contributed by atoms with Crippen LogP contribution >= 0.6 is 15.9 Å². The highest BCUT2D eigenvalue weighted by Gasteiger charge is 2.22. The lowest BCUT2D eigenvalue weighted by atomic mass is 9.93. The maximum atomic E-state index is 12.0. The number of aliphatic hydroxyl groups excluding tert-OH is 1. The Balaban J connectivity index is 2.00. The van der Waals surface area contributed by atoms with E-state index in [-0.39, 0.29) is 18.1 Å². The summed E-state index contributed by atoms with van der Waals surface area (Å²) < 4.78 is 0.721. The quantitative estimate of drug-likeness (QED) is 0.732. The molecule has 0 heterocycles. The summed E-state index contributed by atoms with van der Waals surface area (Å²) >= 11 is 3.30. The van der Waals surface area contributed by atoms with Crippen LogP contribution in [-0.2, 0) is 0 Å². The van der Waals surface area contributed by atoms with E-state index in [2.05, 4.69) is 21.2 Å². The lowest BCUT2D eigenvalue weighted by Gasteiger charge is -2.26. The molecule has 4 N–H and O–H groups in total. The Morgan fingerprint density at radius 3 is 2.89 bits per heavy atom. The van der Waals surface area contributed by atoms with E-state index < -0.39 is 0 Å². The van der Waals surface area contributed by atoms with Crippen molar-refractivity contribution in [2.45, 2.75) is 37.8 Å². The Morgan fingerprint density at radius 1 is 1.44 bits per heavy atom. The number of nitrogens with two attached hydrogens (primary N) is 1. The molecule has 1 aromatic rings. The summed E-state index contributed by atoms with van der Waals surface area (Å²) in [6.07, 6.45) is 3.07. The number of carbonyl (C=O) groups excluding carboxylic acids is 1. The van der Waals surface area contributed by atoms with Gasteiger partial charge in [-0.25, -0.2) is 0 Å². The van der Waals surface area contributed by atoms with Crippen LogP contribution in [0.2, 0.25) is 0 Å². The first kappa shape index (κ1) is 13.4. The number of hydrogen-bond acceptors (Lipinski definition) is 3. The van der Waals surface area contributed by atoms with Crippen LogP contribution < -0.4 is 11.1 Å². The Morgan fingerprint density at radius 2 is 2.22 bits per heavy atom. The lowest BCUT2D eigenvalue weighted by Crippen LogP contribution is -2.39. The van der Waals surface area contributed by atoms with Gasteiger partial charge in [0, 0.05) is 21.8 Å². The van der Waals surface area contributed by atoms with Crippen LogP contribution in [0.5, 0.6) is 0 Å². The van der Waals surface area contributed by atoms with Crippen molar-refractivity contribution in [2.75, 3.05) is 5.73 Å². The number of nitrogen functional groups attached to an aromatic ring is 1.